The van der Waals surface area contributed by atoms with Gasteiger partial charge in [0.25, 0.3) is 0 Å². The smallest absolute Gasteiger partial charge is 0.140 e. The highest BCUT2D eigenvalue weighted by Gasteiger charge is 2.50. The van der Waals surface area contributed by atoms with Crippen LogP contribution in [-0.4, -0.2) is 17.3 Å². The lowest BCUT2D eigenvalue weighted by Crippen LogP contribution is -2.29. The van der Waals surface area contributed by atoms with E-state index in [0.29, 0.717) is 11.8 Å². The summed E-state index contributed by atoms with van der Waals surface area (Å²) in [5.74, 6) is 0.908. The predicted octanol–water partition coefficient (Wildman–Crippen LogP) is 8.10. The van der Waals surface area contributed by atoms with Crippen LogP contribution in [0.2, 0.25) is 0 Å². The van der Waals surface area contributed by atoms with Gasteiger partial charge in [0, 0.05) is 5.92 Å². The second-order valence-electron chi connectivity index (χ2n) is 10.5. The molecule has 1 saturated heterocycles. The van der Waals surface area contributed by atoms with Crippen molar-refractivity contribution in [3.8, 4) is 0 Å². The zero-order valence-electron chi connectivity index (χ0n) is 22.0. The number of aliphatic hydroxyl groups excluding tert-OH is 1. The van der Waals surface area contributed by atoms with Crippen LogP contribution in [0.15, 0.2) is 103 Å². The van der Waals surface area contributed by atoms with E-state index in [-0.39, 0.29) is 12.2 Å². The maximum Gasteiger partial charge on any atom is 0.140 e. The molecule has 0 amide bonds. The monoisotopic (exact) mass is 482 g/mol. The molecule has 2 heteroatoms. The van der Waals surface area contributed by atoms with Gasteiger partial charge in [0.1, 0.15) is 5.60 Å². The third kappa shape index (κ3) is 5.99. The summed E-state index contributed by atoms with van der Waals surface area (Å²) in [5.41, 5.74) is 4.10. The van der Waals surface area contributed by atoms with Gasteiger partial charge in [0.2, 0.25) is 0 Å². The number of benzene rings is 3. The quantitative estimate of drug-likeness (QED) is 0.264. The number of hydrogen-bond acceptors (Lipinski definition) is 2. The third-order valence-corrected chi connectivity index (χ3v) is 7.94. The van der Waals surface area contributed by atoms with E-state index in [1.54, 1.807) is 0 Å². The molecule has 0 aliphatic carbocycles. The maximum absolute atomic E-state index is 10.6. The number of ether oxygens (including phenoxy) is 1. The molecule has 1 aliphatic heterocycles. The van der Waals surface area contributed by atoms with Gasteiger partial charge < -0.3 is 9.84 Å². The maximum atomic E-state index is 10.6. The molecule has 1 N–H and O–H groups in total. The fourth-order valence-corrected chi connectivity index (χ4v) is 6.11. The fourth-order valence-electron chi connectivity index (χ4n) is 6.11. The van der Waals surface area contributed by atoms with Crippen molar-refractivity contribution in [3.63, 3.8) is 0 Å². The molecule has 0 radical (unpaired) electrons. The van der Waals surface area contributed by atoms with Gasteiger partial charge in [-0.25, -0.2) is 0 Å². The Balaban J connectivity index is 1.45. The molecule has 190 valence electrons. The number of rotatable bonds is 12. The Morgan fingerprint density at radius 1 is 0.833 bits per heavy atom. The Labute approximate surface area is 218 Å². The van der Waals surface area contributed by atoms with Gasteiger partial charge in [-0.15, -0.1) is 0 Å². The van der Waals surface area contributed by atoms with Gasteiger partial charge >= 0.3 is 0 Å². The molecule has 36 heavy (non-hydrogen) atoms. The van der Waals surface area contributed by atoms with Crippen molar-refractivity contribution in [3.05, 3.63) is 120 Å². The van der Waals surface area contributed by atoms with Crippen LogP contribution in [-0.2, 0) is 16.8 Å². The normalized spacial score (nSPS) is 20.8. The minimum Gasteiger partial charge on any atom is -0.393 e. The summed E-state index contributed by atoms with van der Waals surface area (Å²) in [6.07, 6.45) is 7.07. The summed E-state index contributed by atoms with van der Waals surface area (Å²) in [4.78, 5) is 0. The lowest BCUT2D eigenvalue weighted by atomic mass is 9.74. The first-order chi connectivity index (χ1) is 17.5. The lowest BCUT2D eigenvalue weighted by molar-refractivity contribution is -0.00605. The molecular weight excluding hydrogens is 440 g/mol. The molecule has 3 aromatic carbocycles. The number of hydrogen-bond donors (Lipinski definition) is 1. The van der Waals surface area contributed by atoms with E-state index < -0.39 is 5.60 Å². The first-order valence-corrected chi connectivity index (χ1v) is 13.7. The Hall–Kier alpha value is -2.68. The van der Waals surface area contributed by atoms with Crippen molar-refractivity contribution in [1.82, 2.24) is 0 Å². The van der Waals surface area contributed by atoms with E-state index >= 15 is 0 Å². The highest BCUT2D eigenvalue weighted by atomic mass is 16.5. The summed E-state index contributed by atoms with van der Waals surface area (Å²) < 4.78 is 6.89. The average molecular weight is 483 g/mol. The molecule has 2 nitrogen and oxygen atoms in total. The zero-order valence-corrected chi connectivity index (χ0v) is 22.0. The van der Waals surface area contributed by atoms with Crippen LogP contribution in [0.1, 0.15) is 69.1 Å². The SMILES string of the molecule is C=C1C(CC(CCC)CCC[C@@H](O)Cc2ccccc2)[C@@H](C)OC1(c1ccccc1)c1ccccc1. The van der Waals surface area contributed by atoms with Crippen molar-refractivity contribution < 1.29 is 9.84 Å². The summed E-state index contributed by atoms with van der Waals surface area (Å²) in [6, 6.07) is 31.5. The van der Waals surface area contributed by atoms with E-state index in [1.165, 1.54) is 24.0 Å². The van der Waals surface area contributed by atoms with Gasteiger partial charge in [0.05, 0.1) is 12.2 Å². The van der Waals surface area contributed by atoms with Crippen LogP contribution in [0.3, 0.4) is 0 Å². The molecular formula is C34H42O2. The van der Waals surface area contributed by atoms with E-state index in [2.05, 4.69) is 86.6 Å². The van der Waals surface area contributed by atoms with Crippen molar-refractivity contribution >= 4 is 0 Å². The molecule has 2 unspecified atom stereocenters. The van der Waals surface area contributed by atoms with Crippen LogP contribution in [0, 0.1) is 11.8 Å². The Morgan fingerprint density at radius 3 is 1.94 bits per heavy atom. The van der Waals surface area contributed by atoms with Gasteiger partial charge in [-0.1, -0.05) is 130 Å². The van der Waals surface area contributed by atoms with Gasteiger partial charge in [-0.2, -0.15) is 0 Å². The molecule has 1 heterocycles. The van der Waals surface area contributed by atoms with Crippen molar-refractivity contribution in [2.45, 2.75) is 76.6 Å². The largest absolute Gasteiger partial charge is 0.393 e. The van der Waals surface area contributed by atoms with Crippen LogP contribution in [0.25, 0.3) is 0 Å². The van der Waals surface area contributed by atoms with Gasteiger partial charge in [-0.3, -0.25) is 0 Å². The van der Waals surface area contributed by atoms with E-state index in [1.807, 2.05) is 18.2 Å². The Kier molecular flexibility index (Phi) is 9.18. The summed E-state index contributed by atoms with van der Waals surface area (Å²) in [7, 11) is 0. The fraction of sp³-hybridized carbons (Fsp3) is 0.412. The second kappa shape index (κ2) is 12.5. The topological polar surface area (TPSA) is 29.5 Å². The van der Waals surface area contributed by atoms with E-state index in [0.717, 1.165) is 43.2 Å². The van der Waals surface area contributed by atoms with E-state index in [4.69, 9.17) is 11.3 Å². The highest BCUT2D eigenvalue weighted by molar-refractivity contribution is 5.47. The summed E-state index contributed by atoms with van der Waals surface area (Å²) in [5, 5.41) is 10.6. The Bertz CT molecular complexity index is 1020. The van der Waals surface area contributed by atoms with Crippen LogP contribution < -0.4 is 0 Å². The van der Waals surface area contributed by atoms with Crippen molar-refractivity contribution in [2.75, 3.05) is 0 Å². The van der Waals surface area contributed by atoms with Crippen LogP contribution in [0.5, 0.6) is 0 Å². The van der Waals surface area contributed by atoms with Crippen molar-refractivity contribution in [2.24, 2.45) is 11.8 Å². The molecule has 0 saturated carbocycles. The zero-order chi connectivity index (χ0) is 25.4. The minimum atomic E-state index is -0.602. The summed E-state index contributed by atoms with van der Waals surface area (Å²) in [6.45, 7) is 9.19. The molecule has 0 spiro atoms. The molecule has 1 fully saturated rings. The predicted molar refractivity (Wildman–Crippen MR) is 150 cm³/mol. The molecule has 4 rings (SSSR count). The average Bonchev–Trinajstić information content (AvgIpc) is 3.16. The summed E-state index contributed by atoms with van der Waals surface area (Å²) >= 11 is 0. The van der Waals surface area contributed by atoms with Gasteiger partial charge in [-0.05, 0) is 54.4 Å². The number of aliphatic hydroxyl groups is 1. The van der Waals surface area contributed by atoms with E-state index in [9.17, 15) is 5.11 Å². The molecule has 4 atom stereocenters. The molecule has 3 aromatic rings. The Morgan fingerprint density at radius 2 is 1.39 bits per heavy atom. The highest BCUT2D eigenvalue weighted by Crippen LogP contribution is 2.52. The molecule has 1 aliphatic rings. The standard InChI is InChI=1S/C34H42O2/c1-4-15-28(18-14-23-32(35)24-29-16-8-5-9-17-29)25-33-26(2)34(36-27(33)3,30-19-10-6-11-20-30)31-21-12-7-13-22-31/h5-13,16-17,19-22,27-28,32-33,35H,2,4,14-15,18,23-25H2,1,3H3/t27-,28?,32-,33?/m1/s1. The third-order valence-electron chi connectivity index (χ3n) is 7.94. The van der Waals surface area contributed by atoms with Gasteiger partial charge in [0.15, 0.2) is 0 Å². The van der Waals surface area contributed by atoms with Crippen molar-refractivity contribution in [1.29, 1.82) is 0 Å². The van der Waals surface area contributed by atoms with Crippen LogP contribution >= 0.6 is 0 Å². The molecule has 0 aromatic heterocycles. The second-order valence-corrected chi connectivity index (χ2v) is 10.5. The lowest BCUT2D eigenvalue weighted by Gasteiger charge is -2.32. The first kappa shape index (κ1) is 26.4. The minimum absolute atomic E-state index is 0.0981. The molecule has 0 bridgehead atoms. The van der Waals surface area contributed by atoms with Crippen LogP contribution in [0.4, 0.5) is 0 Å². The first-order valence-electron chi connectivity index (χ1n) is 13.7.